The van der Waals surface area contributed by atoms with Crippen LogP contribution in [-0.2, 0) is 6.42 Å². The fourth-order valence-corrected chi connectivity index (χ4v) is 2.33. The average Bonchev–Trinajstić information content (AvgIpc) is 3.11. The van der Waals surface area contributed by atoms with Gasteiger partial charge < -0.3 is 14.6 Å². The first-order chi connectivity index (χ1) is 12.2. The first kappa shape index (κ1) is 17.0. The minimum Gasteiger partial charge on any atom is -0.497 e. The van der Waals surface area contributed by atoms with Crippen molar-refractivity contribution in [3.8, 4) is 17.1 Å². The van der Waals surface area contributed by atoms with Crippen molar-refractivity contribution in [3.05, 3.63) is 65.0 Å². The molecule has 0 unspecified atom stereocenters. The quantitative estimate of drug-likeness (QED) is 0.731. The normalized spacial score (nSPS) is 10.5. The van der Waals surface area contributed by atoms with Crippen LogP contribution in [0, 0.1) is 0 Å². The molecule has 3 aromatic rings. The second kappa shape index (κ2) is 7.81. The lowest BCUT2D eigenvalue weighted by Crippen LogP contribution is -2.25. The minimum absolute atomic E-state index is 0.174. The molecule has 0 aliphatic rings. The molecule has 128 valence electrons. The van der Waals surface area contributed by atoms with Gasteiger partial charge in [-0.3, -0.25) is 4.79 Å². The second-order valence-corrected chi connectivity index (χ2v) is 5.69. The van der Waals surface area contributed by atoms with Gasteiger partial charge in [0, 0.05) is 29.1 Å². The van der Waals surface area contributed by atoms with Crippen LogP contribution in [0.3, 0.4) is 0 Å². The van der Waals surface area contributed by atoms with Gasteiger partial charge in [0.1, 0.15) is 5.75 Å². The van der Waals surface area contributed by atoms with Crippen LogP contribution in [0.5, 0.6) is 5.75 Å². The molecule has 7 heteroatoms. The van der Waals surface area contributed by atoms with Gasteiger partial charge in [0.05, 0.1) is 7.11 Å². The number of rotatable bonds is 6. The Kier molecular flexibility index (Phi) is 5.30. The zero-order valence-electron chi connectivity index (χ0n) is 13.5. The van der Waals surface area contributed by atoms with Crippen molar-refractivity contribution in [2.24, 2.45) is 0 Å². The Hall–Kier alpha value is -2.86. The fourth-order valence-electron chi connectivity index (χ4n) is 2.20. The van der Waals surface area contributed by atoms with Crippen molar-refractivity contribution in [2.45, 2.75) is 6.42 Å². The Balaban J connectivity index is 1.54. The topological polar surface area (TPSA) is 77.3 Å². The molecule has 0 saturated heterocycles. The van der Waals surface area contributed by atoms with Crippen LogP contribution in [-0.4, -0.2) is 29.7 Å². The molecule has 0 saturated carbocycles. The zero-order chi connectivity index (χ0) is 17.6. The summed E-state index contributed by atoms with van der Waals surface area (Å²) in [6.45, 7) is 0.395. The van der Waals surface area contributed by atoms with E-state index in [9.17, 15) is 4.79 Å². The highest BCUT2D eigenvalue weighted by Gasteiger charge is 2.10. The van der Waals surface area contributed by atoms with E-state index in [-0.39, 0.29) is 5.91 Å². The summed E-state index contributed by atoms with van der Waals surface area (Å²) in [5.74, 6) is 1.55. The molecule has 0 atom stereocenters. The van der Waals surface area contributed by atoms with Crippen LogP contribution in [0.25, 0.3) is 11.4 Å². The average molecular weight is 358 g/mol. The molecule has 0 aliphatic heterocycles. The molecule has 0 bridgehead atoms. The summed E-state index contributed by atoms with van der Waals surface area (Å²) >= 11 is 5.80. The molecule has 1 aromatic heterocycles. The number of amides is 1. The van der Waals surface area contributed by atoms with E-state index in [4.69, 9.17) is 20.9 Å². The van der Waals surface area contributed by atoms with Gasteiger partial charge in [0.2, 0.25) is 11.7 Å². The number of methoxy groups -OCH3 is 1. The molecular weight excluding hydrogens is 342 g/mol. The third-order valence-corrected chi connectivity index (χ3v) is 3.80. The van der Waals surface area contributed by atoms with Gasteiger partial charge in [0.25, 0.3) is 5.91 Å². The number of halogens is 1. The smallest absolute Gasteiger partial charge is 0.251 e. The molecule has 0 fully saturated rings. The van der Waals surface area contributed by atoms with Gasteiger partial charge in [0.15, 0.2) is 0 Å². The largest absolute Gasteiger partial charge is 0.497 e. The van der Waals surface area contributed by atoms with E-state index < -0.39 is 0 Å². The maximum atomic E-state index is 12.0. The maximum Gasteiger partial charge on any atom is 0.251 e. The van der Waals surface area contributed by atoms with Crippen molar-refractivity contribution in [1.29, 1.82) is 0 Å². The monoisotopic (exact) mass is 357 g/mol. The molecular formula is C18H16ClN3O3. The van der Waals surface area contributed by atoms with Crippen molar-refractivity contribution >= 4 is 17.5 Å². The zero-order valence-corrected chi connectivity index (χ0v) is 14.3. The molecule has 25 heavy (non-hydrogen) atoms. The molecule has 2 aromatic carbocycles. The molecule has 6 nitrogen and oxygen atoms in total. The number of ether oxygens (including phenoxy) is 1. The fraction of sp³-hybridized carbons (Fsp3) is 0.167. The minimum atomic E-state index is -0.174. The van der Waals surface area contributed by atoms with Crippen molar-refractivity contribution in [3.63, 3.8) is 0 Å². The molecule has 0 aliphatic carbocycles. The van der Waals surface area contributed by atoms with Crippen LogP contribution < -0.4 is 10.1 Å². The van der Waals surface area contributed by atoms with Crippen LogP contribution >= 0.6 is 11.6 Å². The Labute approximate surface area is 149 Å². The standard InChI is InChI=1S/C18H16ClN3O3/c1-24-15-8-4-12(5-9-15)17-21-16(25-22-17)10-11-20-18(23)13-2-6-14(19)7-3-13/h2-9H,10-11H2,1H3,(H,20,23). The molecule has 1 N–H and O–H groups in total. The van der Waals surface area contributed by atoms with Gasteiger partial charge in [-0.25, -0.2) is 0 Å². The molecule has 3 rings (SSSR count). The highest BCUT2D eigenvalue weighted by atomic mass is 35.5. The first-order valence-corrected chi connectivity index (χ1v) is 8.04. The Morgan fingerprint density at radius 2 is 1.88 bits per heavy atom. The predicted octanol–water partition coefficient (Wildman–Crippen LogP) is 3.37. The van der Waals surface area contributed by atoms with Gasteiger partial charge in [-0.15, -0.1) is 0 Å². The number of carbonyl (C=O) groups is 1. The summed E-state index contributed by atoms with van der Waals surface area (Å²) in [4.78, 5) is 16.3. The number of benzene rings is 2. The van der Waals surface area contributed by atoms with E-state index in [0.717, 1.165) is 11.3 Å². The predicted molar refractivity (Wildman–Crippen MR) is 93.8 cm³/mol. The molecule has 0 radical (unpaired) electrons. The number of nitrogens with one attached hydrogen (secondary N) is 1. The van der Waals surface area contributed by atoms with Crippen molar-refractivity contribution in [2.75, 3.05) is 13.7 Å². The Morgan fingerprint density at radius 3 is 2.56 bits per heavy atom. The summed E-state index contributed by atoms with van der Waals surface area (Å²) in [5, 5.41) is 7.35. The summed E-state index contributed by atoms with van der Waals surface area (Å²) in [6, 6.07) is 14.1. The molecule has 1 heterocycles. The number of hydrogen-bond acceptors (Lipinski definition) is 5. The molecule has 1 amide bonds. The number of nitrogens with zero attached hydrogens (tertiary/aromatic N) is 2. The number of aromatic nitrogens is 2. The third kappa shape index (κ3) is 4.36. The molecule has 0 spiro atoms. The maximum absolute atomic E-state index is 12.0. The summed E-state index contributed by atoms with van der Waals surface area (Å²) < 4.78 is 10.3. The van der Waals surface area contributed by atoms with E-state index in [1.165, 1.54) is 0 Å². The highest BCUT2D eigenvalue weighted by molar-refractivity contribution is 6.30. The van der Waals surface area contributed by atoms with E-state index in [1.807, 2.05) is 24.3 Å². The highest BCUT2D eigenvalue weighted by Crippen LogP contribution is 2.19. The van der Waals surface area contributed by atoms with Crippen molar-refractivity contribution in [1.82, 2.24) is 15.5 Å². The van der Waals surface area contributed by atoms with Crippen molar-refractivity contribution < 1.29 is 14.1 Å². The van der Waals surface area contributed by atoms with Crippen LogP contribution in [0.4, 0.5) is 0 Å². The SMILES string of the molecule is COc1ccc(-c2noc(CCNC(=O)c3ccc(Cl)cc3)n2)cc1. The first-order valence-electron chi connectivity index (χ1n) is 7.66. The van der Waals surface area contributed by atoms with Crippen LogP contribution in [0.2, 0.25) is 5.02 Å². The third-order valence-electron chi connectivity index (χ3n) is 3.55. The summed E-state index contributed by atoms with van der Waals surface area (Å²) in [6.07, 6.45) is 0.447. The van der Waals surface area contributed by atoms with Gasteiger partial charge in [-0.1, -0.05) is 16.8 Å². The lowest BCUT2D eigenvalue weighted by molar-refractivity contribution is 0.0953. The Morgan fingerprint density at radius 1 is 1.16 bits per heavy atom. The Bertz CT molecular complexity index is 845. The van der Waals surface area contributed by atoms with E-state index >= 15 is 0 Å². The van der Waals surface area contributed by atoms with Gasteiger partial charge >= 0.3 is 0 Å². The number of hydrogen-bond donors (Lipinski definition) is 1. The van der Waals surface area contributed by atoms with E-state index in [1.54, 1.807) is 31.4 Å². The van der Waals surface area contributed by atoms with Crippen LogP contribution in [0.15, 0.2) is 53.1 Å². The van der Waals surface area contributed by atoms with Gasteiger partial charge in [-0.2, -0.15) is 4.98 Å². The lowest BCUT2D eigenvalue weighted by Gasteiger charge is -2.03. The lowest BCUT2D eigenvalue weighted by atomic mass is 10.2. The van der Waals surface area contributed by atoms with Gasteiger partial charge in [-0.05, 0) is 48.5 Å². The summed E-state index contributed by atoms with van der Waals surface area (Å²) in [5.41, 5.74) is 1.38. The number of carbonyl (C=O) groups excluding carboxylic acids is 1. The van der Waals surface area contributed by atoms with E-state index in [2.05, 4.69) is 15.5 Å². The van der Waals surface area contributed by atoms with Crippen LogP contribution in [0.1, 0.15) is 16.2 Å². The second-order valence-electron chi connectivity index (χ2n) is 5.25. The van der Waals surface area contributed by atoms with E-state index in [0.29, 0.717) is 35.3 Å². The summed E-state index contributed by atoms with van der Waals surface area (Å²) in [7, 11) is 1.61.